The van der Waals surface area contributed by atoms with Crippen molar-refractivity contribution in [2.24, 2.45) is 0 Å². The largest absolute Gasteiger partial charge is 0.394 e. The Kier molecular flexibility index (Phi) is 3.96. The molecule has 0 radical (unpaired) electrons. The van der Waals surface area contributed by atoms with Crippen LogP contribution in [0.25, 0.3) is 0 Å². The number of aliphatic hydroxyl groups is 1. The monoisotopic (exact) mass is 291 g/mol. The summed E-state index contributed by atoms with van der Waals surface area (Å²) in [6.45, 7) is 5.01. The third-order valence-corrected chi connectivity index (χ3v) is 3.13. The molecule has 18 heavy (non-hydrogen) atoms. The molecule has 0 aromatic carbocycles. The molecule has 0 bridgehead atoms. The zero-order chi connectivity index (χ0) is 13.3. The Morgan fingerprint density at radius 1 is 1.56 bits per heavy atom. The highest BCUT2D eigenvalue weighted by Crippen LogP contribution is 2.29. The zero-order valence-corrected chi connectivity index (χ0v) is 11.7. The Morgan fingerprint density at radius 3 is 2.94 bits per heavy atom. The molecule has 2 heterocycles. The Morgan fingerprint density at radius 2 is 2.28 bits per heavy atom. The summed E-state index contributed by atoms with van der Waals surface area (Å²) in [6, 6.07) is 0. The summed E-state index contributed by atoms with van der Waals surface area (Å²) in [5.74, 6) is 0.575. The van der Waals surface area contributed by atoms with Crippen LogP contribution in [0, 0.1) is 0 Å². The predicted octanol–water partition coefficient (Wildman–Crippen LogP) is 1.76. The number of halogens is 2. The molecular formula is C11H15Cl2N3O2. The molecule has 1 saturated heterocycles. The van der Waals surface area contributed by atoms with Crippen LogP contribution in [0.3, 0.4) is 0 Å². The van der Waals surface area contributed by atoms with E-state index in [0.717, 1.165) is 0 Å². The van der Waals surface area contributed by atoms with Gasteiger partial charge >= 0.3 is 0 Å². The average Bonchev–Trinajstić information content (AvgIpc) is 2.30. The maximum atomic E-state index is 9.27. The van der Waals surface area contributed by atoms with Crippen molar-refractivity contribution in [3.8, 4) is 0 Å². The predicted molar refractivity (Wildman–Crippen MR) is 70.3 cm³/mol. The SMILES string of the molecule is CC1(C)CN(c2nc(Cl)ncc2Cl)CC(CO)O1. The maximum absolute atomic E-state index is 9.27. The molecular weight excluding hydrogens is 277 g/mol. The quantitative estimate of drug-likeness (QED) is 0.842. The molecule has 7 heteroatoms. The topological polar surface area (TPSA) is 58.5 Å². The lowest BCUT2D eigenvalue weighted by molar-refractivity contribution is -0.101. The molecule has 1 aromatic heterocycles. The van der Waals surface area contributed by atoms with Gasteiger partial charge in [0.25, 0.3) is 0 Å². The fraction of sp³-hybridized carbons (Fsp3) is 0.636. The third-order valence-electron chi connectivity index (χ3n) is 2.68. The number of rotatable bonds is 2. The maximum Gasteiger partial charge on any atom is 0.224 e. The van der Waals surface area contributed by atoms with Crippen molar-refractivity contribution in [1.82, 2.24) is 9.97 Å². The highest BCUT2D eigenvalue weighted by Gasteiger charge is 2.34. The van der Waals surface area contributed by atoms with Gasteiger partial charge in [0.1, 0.15) is 5.02 Å². The van der Waals surface area contributed by atoms with Crippen LogP contribution in [0.5, 0.6) is 0 Å². The van der Waals surface area contributed by atoms with E-state index in [4.69, 9.17) is 27.9 Å². The van der Waals surface area contributed by atoms with Gasteiger partial charge in [-0.15, -0.1) is 0 Å². The van der Waals surface area contributed by atoms with Gasteiger partial charge in [-0.2, -0.15) is 4.98 Å². The van der Waals surface area contributed by atoms with Crippen molar-refractivity contribution < 1.29 is 9.84 Å². The van der Waals surface area contributed by atoms with Crippen LogP contribution in [0.4, 0.5) is 5.82 Å². The summed E-state index contributed by atoms with van der Waals surface area (Å²) in [4.78, 5) is 9.93. The van der Waals surface area contributed by atoms with Gasteiger partial charge in [-0.25, -0.2) is 4.98 Å². The second-order valence-electron chi connectivity index (χ2n) is 4.87. The summed E-state index contributed by atoms with van der Waals surface area (Å²) in [5, 5.41) is 9.86. The van der Waals surface area contributed by atoms with E-state index in [0.29, 0.717) is 23.9 Å². The summed E-state index contributed by atoms with van der Waals surface area (Å²) >= 11 is 11.9. The first-order valence-corrected chi connectivity index (χ1v) is 6.38. The summed E-state index contributed by atoms with van der Waals surface area (Å²) < 4.78 is 5.73. The van der Waals surface area contributed by atoms with E-state index < -0.39 is 0 Å². The molecule has 100 valence electrons. The molecule has 0 amide bonds. The second kappa shape index (κ2) is 5.17. The smallest absolute Gasteiger partial charge is 0.224 e. The molecule has 1 fully saturated rings. The van der Waals surface area contributed by atoms with Crippen LogP contribution >= 0.6 is 23.2 Å². The highest BCUT2D eigenvalue weighted by molar-refractivity contribution is 6.33. The van der Waals surface area contributed by atoms with Crippen LogP contribution in [0.1, 0.15) is 13.8 Å². The standard InChI is InChI=1S/C11H15Cl2N3O2/c1-11(2)6-16(4-7(5-17)18-11)9-8(12)3-14-10(13)15-9/h3,7,17H,4-6H2,1-2H3. The Hall–Kier alpha value is -0.620. The molecule has 2 rings (SSSR count). The molecule has 1 aliphatic rings. The fourth-order valence-electron chi connectivity index (χ4n) is 2.11. The van der Waals surface area contributed by atoms with Crippen molar-refractivity contribution in [2.75, 3.05) is 24.6 Å². The molecule has 0 aliphatic carbocycles. The van der Waals surface area contributed by atoms with Crippen LogP contribution in [-0.2, 0) is 4.74 Å². The molecule has 0 spiro atoms. The molecule has 0 saturated carbocycles. The summed E-state index contributed by atoms with van der Waals surface area (Å²) in [6.07, 6.45) is 1.21. The lowest BCUT2D eigenvalue weighted by Gasteiger charge is -2.43. The third kappa shape index (κ3) is 3.03. The van der Waals surface area contributed by atoms with E-state index in [1.165, 1.54) is 6.20 Å². The van der Waals surface area contributed by atoms with E-state index in [1.54, 1.807) is 0 Å². The number of anilines is 1. The number of nitrogens with zero attached hydrogens (tertiary/aromatic N) is 3. The highest BCUT2D eigenvalue weighted by atomic mass is 35.5. The van der Waals surface area contributed by atoms with Crippen molar-refractivity contribution in [3.05, 3.63) is 16.5 Å². The summed E-state index contributed by atoms with van der Waals surface area (Å²) in [7, 11) is 0. The minimum atomic E-state index is -0.383. The Bertz CT molecular complexity index is 442. The number of aliphatic hydroxyl groups excluding tert-OH is 1. The number of morpholine rings is 1. The zero-order valence-electron chi connectivity index (χ0n) is 10.2. The van der Waals surface area contributed by atoms with Gasteiger partial charge in [-0.3, -0.25) is 0 Å². The van der Waals surface area contributed by atoms with E-state index in [9.17, 15) is 5.11 Å². The fourth-order valence-corrected chi connectivity index (χ4v) is 2.45. The number of ether oxygens (including phenoxy) is 1. The van der Waals surface area contributed by atoms with Crippen molar-refractivity contribution in [2.45, 2.75) is 25.6 Å². The van der Waals surface area contributed by atoms with Crippen molar-refractivity contribution >= 4 is 29.0 Å². The molecule has 1 aliphatic heterocycles. The van der Waals surface area contributed by atoms with Gasteiger partial charge in [0.15, 0.2) is 5.82 Å². The van der Waals surface area contributed by atoms with Crippen LogP contribution in [0.2, 0.25) is 10.3 Å². The van der Waals surface area contributed by atoms with E-state index in [1.807, 2.05) is 18.7 Å². The first-order chi connectivity index (χ1) is 8.41. The van der Waals surface area contributed by atoms with Gasteiger partial charge in [-0.05, 0) is 25.4 Å². The number of hydrogen-bond acceptors (Lipinski definition) is 5. The minimum Gasteiger partial charge on any atom is -0.394 e. The van der Waals surface area contributed by atoms with Crippen molar-refractivity contribution in [1.29, 1.82) is 0 Å². The number of hydrogen-bond donors (Lipinski definition) is 1. The minimum absolute atomic E-state index is 0.0453. The molecule has 1 atom stereocenters. The Balaban J connectivity index is 2.29. The van der Waals surface area contributed by atoms with E-state index in [-0.39, 0.29) is 23.6 Å². The van der Waals surface area contributed by atoms with Crippen LogP contribution in [0.15, 0.2) is 6.20 Å². The molecule has 1 N–H and O–H groups in total. The Labute approximate surface area is 116 Å². The van der Waals surface area contributed by atoms with Gasteiger partial charge in [0, 0.05) is 13.1 Å². The van der Waals surface area contributed by atoms with E-state index in [2.05, 4.69) is 9.97 Å². The average molecular weight is 292 g/mol. The lowest BCUT2D eigenvalue weighted by atomic mass is 10.1. The van der Waals surface area contributed by atoms with E-state index >= 15 is 0 Å². The first kappa shape index (κ1) is 13.8. The van der Waals surface area contributed by atoms with Gasteiger partial charge in [0.05, 0.1) is 24.5 Å². The van der Waals surface area contributed by atoms with Crippen molar-refractivity contribution in [3.63, 3.8) is 0 Å². The first-order valence-electron chi connectivity index (χ1n) is 5.63. The van der Waals surface area contributed by atoms with Crippen LogP contribution < -0.4 is 4.90 Å². The normalized spacial score (nSPS) is 23.2. The lowest BCUT2D eigenvalue weighted by Crippen LogP contribution is -2.54. The molecule has 5 nitrogen and oxygen atoms in total. The van der Waals surface area contributed by atoms with Gasteiger partial charge in [0.2, 0.25) is 5.28 Å². The second-order valence-corrected chi connectivity index (χ2v) is 5.62. The molecule has 1 aromatic rings. The molecule has 1 unspecified atom stereocenters. The summed E-state index contributed by atoms with van der Waals surface area (Å²) in [5.41, 5.74) is -0.383. The van der Waals surface area contributed by atoms with Gasteiger partial charge in [-0.1, -0.05) is 11.6 Å². The van der Waals surface area contributed by atoms with Crippen LogP contribution in [-0.4, -0.2) is 46.5 Å². The van der Waals surface area contributed by atoms with Gasteiger partial charge < -0.3 is 14.7 Å². The number of aromatic nitrogens is 2.